The van der Waals surface area contributed by atoms with Gasteiger partial charge in [0.1, 0.15) is 11.3 Å². The van der Waals surface area contributed by atoms with Gasteiger partial charge in [-0.3, -0.25) is 19.3 Å². The minimum Gasteiger partial charge on any atom is -0.383 e. The lowest BCUT2D eigenvalue weighted by Crippen LogP contribution is -2.11. The number of aryl methyl sites for hydroxylation is 2. The zero-order valence-electron chi connectivity index (χ0n) is 23.4. The zero-order chi connectivity index (χ0) is 30.2. The van der Waals surface area contributed by atoms with Crippen molar-refractivity contribution in [1.29, 1.82) is 0 Å². The largest absolute Gasteiger partial charge is 0.383 e. The van der Waals surface area contributed by atoms with E-state index in [1.807, 2.05) is 36.5 Å². The van der Waals surface area contributed by atoms with Crippen LogP contribution in [0.4, 0.5) is 5.82 Å². The van der Waals surface area contributed by atoms with Gasteiger partial charge in [-0.05, 0) is 85.0 Å². The Kier molecular flexibility index (Phi) is 6.62. The number of nitrogens with zero attached hydrogens (tertiary/aromatic N) is 7. The van der Waals surface area contributed by atoms with Gasteiger partial charge in [-0.1, -0.05) is 6.07 Å². The molecular weight excluding hydrogens is 556 g/mol. The molecule has 44 heavy (non-hydrogen) atoms. The van der Waals surface area contributed by atoms with Crippen LogP contribution in [0.1, 0.15) is 38.3 Å². The molecule has 1 aliphatic carbocycles. The molecule has 0 radical (unpaired) electrons. The molecule has 5 heterocycles. The van der Waals surface area contributed by atoms with E-state index in [2.05, 4.69) is 43.0 Å². The van der Waals surface area contributed by atoms with Gasteiger partial charge < -0.3 is 11.5 Å². The second-order valence-corrected chi connectivity index (χ2v) is 10.4. The molecule has 2 aromatic carbocycles. The fourth-order valence-electron chi connectivity index (χ4n) is 5.53. The van der Waals surface area contributed by atoms with Crippen molar-refractivity contribution in [3.05, 3.63) is 108 Å². The lowest BCUT2D eigenvalue weighted by atomic mass is 10.1. The Labute approximate surface area is 250 Å². The summed E-state index contributed by atoms with van der Waals surface area (Å²) in [5.41, 5.74) is 18.8. The van der Waals surface area contributed by atoms with Crippen LogP contribution in [0, 0.1) is 0 Å². The Bertz CT molecular complexity index is 2180. The van der Waals surface area contributed by atoms with E-state index < -0.39 is 5.91 Å². The predicted octanol–water partition coefficient (Wildman–Crippen LogP) is 4.21. The Morgan fingerprint density at radius 2 is 1.86 bits per heavy atom. The van der Waals surface area contributed by atoms with Crippen molar-refractivity contribution < 1.29 is 9.59 Å². The second kappa shape index (κ2) is 10.9. The SMILES string of the molecule is NC(=O)c1cc(C=O)c2[nH]ncc2c1.Nc1ncccc1-c1nc2ccc(-n3cccn3)nc2n1-c1ccc2c(c1)CCC2. The van der Waals surface area contributed by atoms with E-state index >= 15 is 0 Å². The molecule has 0 fully saturated rings. The highest BCUT2D eigenvalue weighted by atomic mass is 16.1. The summed E-state index contributed by atoms with van der Waals surface area (Å²) in [4.78, 5) is 35.7. The number of aldehydes is 1. The maximum atomic E-state index is 10.9. The molecular formula is C32H26N10O2. The van der Waals surface area contributed by atoms with Gasteiger partial charge in [0, 0.05) is 40.8 Å². The summed E-state index contributed by atoms with van der Waals surface area (Å²) in [6, 6.07) is 19.2. The third-order valence-corrected chi connectivity index (χ3v) is 7.64. The number of aromatic nitrogens is 8. The van der Waals surface area contributed by atoms with Gasteiger partial charge in [-0.15, -0.1) is 0 Å². The molecule has 12 heteroatoms. The average molecular weight is 583 g/mol. The Hall–Kier alpha value is -6.17. The van der Waals surface area contributed by atoms with Gasteiger partial charge in [-0.25, -0.2) is 19.6 Å². The number of nitrogens with two attached hydrogens (primary N) is 2. The van der Waals surface area contributed by atoms with Gasteiger partial charge in [0.15, 0.2) is 23.6 Å². The van der Waals surface area contributed by atoms with Crippen molar-refractivity contribution in [3.8, 4) is 22.9 Å². The molecule has 5 aromatic heterocycles. The quantitative estimate of drug-likeness (QED) is 0.253. The van der Waals surface area contributed by atoms with Crippen LogP contribution in [-0.4, -0.2) is 51.7 Å². The number of imidazole rings is 1. The van der Waals surface area contributed by atoms with E-state index in [1.54, 1.807) is 23.1 Å². The van der Waals surface area contributed by atoms with Crippen LogP contribution in [0.5, 0.6) is 0 Å². The number of carbonyl (C=O) groups excluding carboxylic acids is 2. The minimum absolute atomic E-state index is 0.306. The molecule has 0 bridgehead atoms. The highest BCUT2D eigenvalue weighted by Crippen LogP contribution is 2.32. The molecule has 1 amide bonds. The van der Waals surface area contributed by atoms with Crippen molar-refractivity contribution >= 4 is 40.1 Å². The van der Waals surface area contributed by atoms with Crippen LogP contribution in [-0.2, 0) is 12.8 Å². The first-order chi connectivity index (χ1) is 21.5. The third kappa shape index (κ3) is 4.73. The first-order valence-corrected chi connectivity index (χ1v) is 13.9. The van der Waals surface area contributed by atoms with Gasteiger partial charge in [0.25, 0.3) is 0 Å². The van der Waals surface area contributed by atoms with E-state index in [-0.39, 0.29) is 0 Å². The fraction of sp³-hybridized carbons (Fsp3) is 0.0938. The van der Waals surface area contributed by atoms with Crippen molar-refractivity contribution in [3.63, 3.8) is 0 Å². The normalized spacial score (nSPS) is 12.2. The monoisotopic (exact) mass is 582 g/mol. The molecule has 5 N–H and O–H groups in total. The van der Waals surface area contributed by atoms with Crippen LogP contribution in [0.3, 0.4) is 0 Å². The van der Waals surface area contributed by atoms with Crippen molar-refractivity contribution in [2.24, 2.45) is 5.73 Å². The average Bonchev–Trinajstić information content (AvgIpc) is 3.86. The first-order valence-electron chi connectivity index (χ1n) is 13.9. The number of primary amides is 1. The number of anilines is 1. The number of fused-ring (bicyclic) bond motifs is 3. The molecule has 1 aliphatic rings. The molecule has 0 aliphatic heterocycles. The smallest absolute Gasteiger partial charge is 0.248 e. The summed E-state index contributed by atoms with van der Waals surface area (Å²) >= 11 is 0. The topological polar surface area (TPSA) is 176 Å². The molecule has 0 spiro atoms. The highest BCUT2D eigenvalue weighted by molar-refractivity contribution is 6.03. The number of H-pyrrole nitrogens is 1. The first kappa shape index (κ1) is 26.7. The molecule has 216 valence electrons. The van der Waals surface area contributed by atoms with Gasteiger partial charge in [0.05, 0.1) is 17.3 Å². The number of hydrogen-bond donors (Lipinski definition) is 3. The van der Waals surface area contributed by atoms with Crippen LogP contribution in [0.15, 0.2) is 85.5 Å². The molecule has 12 nitrogen and oxygen atoms in total. The minimum atomic E-state index is -0.559. The molecule has 8 rings (SSSR count). The number of hydrogen-bond acceptors (Lipinski definition) is 8. The van der Waals surface area contributed by atoms with Gasteiger partial charge in [-0.2, -0.15) is 10.2 Å². The zero-order valence-corrected chi connectivity index (χ0v) is 23.4. The number of benzene rings is 2. The van der Waals surface area contributed by atoms with Crippen LogP contribution in [0.2, 0.25) is 0 Å². The van der Waals surface area contributed by atoms with E-state index in [4.69, 9.17) is 21.4 Å². The van der Waals surface area contributed by atoms with Crippen LogP contribution in [0.25, 0.3) is 45.0 Å². The predicted molar refractivity (Wildman–Crippen MR) is 166 cm³/mol. The van der Waals surface area contributed by atoms with Crippen molar-refractivity contribution in [2.75, 3.05) is 5.73 Å². The van der Waals surface area contributed by atoms with Crippen molar-refractivity contribution in [1.82, 2.24) is 39.5 Å². The fourth-order valence-corrected chi connectivity index (χ4v) is 5.53. The number of carbonyl (C=O) groups is 2. The third-order valence-electron chi connectivity index (χ3n) is 7.64. The molecule has 0 unspecified atom stereocenters. The number of nitrogen functional groups attached to an aromatic ring is 1. The molecule has 7 aromatic rings. The summed E-state index contributed by atoms with van der Waals surface area (Å²) in [5.74, 6) is 1.36. The maximum Gasteiger partial charge on any atom is 0.248 e. The lowest BCUT2D eigenvalue weighted by Gasteiger charge is -2.12. The van der Waals surface area contributed by atoms with Crippen LogP contribution < -0.4 is 11.5 Å². The number of aromatic amines is 1. The van der Waals surface area contributed by atoms with E-state index in [1.165, 1.54) is 29.8 Å². The number of amides is 1. The van der Waals surface area contributed by atoms with Crippen LogP contribution >= 0.6 is 0 Å². The van der Waals surface area contributed by atoms with E-state index in [9.17, 15) is 9.59 Å². The van der Waals surface area contributed by atoms with Crippen molar-refractivity contribution in [2.45, 2.75) is 19.3 Å². The summed E-state index contributed by atoms with van der Waals surface area (Å²) in [7, 11) is 0. The number of rotatable bonds is 5. The summed E-state index contributed by atoms with van der Waals surface area (Å²) in [5, 5.41) is 11.5. The van der Waals surface area contributed by atoms with Gasteiger partial charge >= 0.3 is 0 Å². The maximum absolute atomic E-state index is 10.9. The Balaban J connectivity index is 0.000000187. The Morgan fingerprint density at radius 3 is 2.66 bits per heavy atom. The molecule has 0 atom stereocenters. The summed E-state index contributed by atoms with van der Waals surface area (Å²) < 4.78 is 3.83. The second-order valence-electron chi connectivity index (χ2n) is 10.4. The number of pyridine rings is 2. The van der Waals surface area contributed by atoms with Gasteiger partial charge in [0.2, 0.25) is 5.91 Å². The summed E-state index contributed by atoms with van der Waals surface area (Å²) in [6.45, 7) is 0. The van der Waals surface area contributed by atoms with E-state index in [0.717, 1.165) is 46.9 Å². The highest BCUT2D eigenvalue weighted by Gasteiger charge is 2.20. The molecule has 0 saturated heterocycles. The standard InChI is InChI=1S/C23H19N7.C9H7N3O2/c24-21-18(6-2-11-25-21)22-27-19-9-10-20(29-13-3-12-26-29)28-23(19)30(22)17-8-7-15-4-1-5-16(15)14-17;10-9(14)5-1-6-3-11-12-8(6)7(2-5)4-13/h2-3,6-14H,1,4-5H2,(H2,24,25);1-4H,(H2,10,14)(H,11,12). The van der Waals surface area contributed by atoms with E-state index in [0.29, 0.717) is 34.1 Å². The molecule has 0 saturated carbocycles. The summed E-state index contributed by atoms with van der Waals surface area (Å²) in [6.07, 6.45) is 11.0. The number of nitrogens with one attached hydrogen (secondary N) is 1. The Morgan fingerprint density at radius 1 is 0.977 bits per heavy atom. The lowest BCUT2D eigenvalue weighted by molar-refractivity contribution is 0.100.